The van der Waals surface area contributed by atoms with Crippen LogP contribution in [0, 0.1) is 6.92 Å². The molecule has 2 nitrogen and oxygen atoms in total. The molecular weight excluding hydrogens is 184 g/mol. The van der Waals surface area contributed by atoms with E-state index >= 15 is 0 Å². The molecule has 2 aromatic heterocycles. The van der Waals surface area contributed by atoms with Crippen molar-refractivity contribution < 1.29 is 0 Å². The maximum Gasteiger partial charge on any atom is 0.0349 e. The third-order valence-corrected chi connectivity index (χ3v) is 2.76. The summed E-state index contributed by atoms with van der Waals surface area (Å²) in [4.78, 5) is 8.31. The summed E-state index contributed by atoms with van der Waals surface area (Å²) < 4.78 is 0. The topological polar surface area (TPSA) is 25.8 Å². The zero-order valence-corrected chi connectivity index (χ0v) is 8.44. The van der Waals surface area contributed by atoms with Crippen LogP contribution >= 0.6 is 0 Å². The van der Waals surface area contributed by atoms with Gasteiger partial charge in [0, 0.05) is 35.6 Å². The van der Waals surface area contributed by atoms with Crippen LogP contribution < -0.4 is 0 Å². The zero-order valence-electron chi connectivity index (χ0n) is 8.44. The van der Waals surface area contributed by atoms with E-state index in [2.05, 4.69) is 35.1 Å². The number of rotatable bonds is 0. The summed E-state index contributed by atoms with van der Waals surface area (Å²) in [6.45, 7) is 2.11. The first kappa shape index (κ1) is 8.36. The van der Waals surface area contributed by atoms with E-state index in [1.165, 1.54) is 27.1 Å². The minimum atomic E-state index is 1.19. The predicted octanol–water partition coefficient (Wildman–Crippen LogP) is 3.09. The summed E-state index contributed by atoms with van der Waals surface area (Å²) in [6.07, 6.45) is 7.49. The lowest BCUT2D eigenvalue weighted by Gasteiger charge is -2.05. The van der Waals surface area contributed by atoms with Gasteiger partial charge < -0.3 is 0 Å². The smallest absolute Gasteiger partial charge is 0.0349 e. The third-order valence-electron chi connectivity index (χ3n) is 2.76. The van der Waals surface area contributed by atoms with Gasteiger partial charge in [-0.25, -0.2) is 0 Å². The molecule has 0 unspecified atom stereocenters. The average molecular weight is 194 g/mol. The number of benzene rings is 1. The number of fused-ring (bicyclic) bond motifs is 3. The van der Waals surface area contributed by atoms with Crippen molar-refractivity contribution in [2.24, 2.45) is 0 Å². The Balaban J connectivity index is 2.64. The monoisotopic (exact) mass is 194 g/mol. The molecule has 0 atom stereocenters. The van der Waals surface area contributed by atoms with Crippen molar-refractivity contribution in [3.63, 3.8) is 0 Å². The number of nitrogens with zero attached hydrogens (tertiary/aromatic N) is 2. The van der Waals surface area contributed by atoms with Crippen LogP contribution in [0.15, 0.2) is 43.0 Å². The van der Waals surface area contributed by atoms with Crippen LogP contribution in [0.25, 0.3) is 21.5 Å². The Bertz CT molecular complexity index is 644. The van der Waals surface area contributed by atoms with Crippen molar-refractivity contribution in [3.8, 4) is 0 Å². The fourth-order valence-electron chi connectivity index (χ4n) is 2.02. The normalized spacial score (nSPS) is 11.0. The molecule has 0 bridgehead atoms. The van der Waals surface area contributed by atoms with Gasteiger partial charge in [-0.1, -0.05) is 0 Å². The molecule has 2 heterocycles. The molecule has 0 N–H and O–H groups in total. The first-order valence-electron chi connectivity index (χ1n) is 4.93. The summed E-state index contributed by atoms with van der Waals surface area (Å²) in [5.41, 5.74) is 1.25. The van der Waals surface area contributed by atoms with Gasteiger partial charge in [0.2, 0.25) is 0 Å². The lowest BCUT2D eigenvalue weighted by atomic mass is 10.0. The highest BCUT2D eigenvalue weighted by molar-refractivity contribution is 6.08. The lowest BCUT2D eigenvalue weighted by molar-refractivity contribution is 1.34. The van der Waals surface area contributed by atoms with Gasteiger partial charge in [-0.15, -0.1) is 0 Å². The summed E-state index contributed by atoms with van der Waals surface area (Å²) in [6, 6.07) is 6.27. The number of hydrogen-bond donors (Lipinski definition) is 0. The molecule has 72 valence electrons. The maximum atomic E-state index is 4.16. The average Bonchev–Trinajstić information content (AvgIpc) is 2.30. The van der Waals surface area contributed by atoms with Gasteiger partial charge in [-0.2, -0.15) is 0 Å². The second-order valence-corrected chi connectivity index (χ2v) is 3.71. The Morgan fingerprint density at radius 1 is 0.867 bits per heavy atom. The van der Waals surface area contributed by atoms with Gasteiger partial charge in [0.15, 0.2) is 0 Å². The number of hydrogen-bond acceptors (Lipinski definition) is 2. The first-order chi connectivity index (χ1) is 7.36. The van der Waals surface area contributed by atoms with E-state index in [4.69, 9.17) is 0 Å². The fourth-order valence-corrected chi connectivity index (χ4v) is 2.02. The number of pyridine rings is 2. The molecule has 0 fully saturated rings. The van der Waals surface area contributed by atoms with Gasteiger partial charge in [-0.3, -0.25) is 9.97 Å². The van der Waals surface area contributed by atoms with Crippen molar-refractivity contribution in [2.75, 3.05) is 0 Å². The Morgan fingerprint density at radius 2 is 1.60 bits per heavy atom. The highest BCUT2D eigenvalue weighted by Crippen LogP contribution is 2.26. The second kappa shape index (κ2) is 3.02. The Hall–Kier alpha value is -1.96. The highest BCUT2D eigenvalue weighted by atomic mass is 14.6. The summed E-state index contributed by atoms with van der Waals surface area (Å²) in [7, 11) is 0. The van der Waals surface area contributed by atoms with E-state index in [0.29, 0.717) is 0 Å². The highest BCUT2D eigenvalue weighted by Gasteiger charge is 2.02. The van der Waals surface area contributed by atoms with Crippen LogP contribution in [-0.4, -0.2) is 9.97 Å². The van der Waals surface area contributed by atoms with Crippen LogP contribution in [0.3, 0.4) is 0 Å². The van der Waals surface area contributed by atoms with Crippen molar-refractivity contribution in [1.82, 2.24) is 9.97 Å². The maximum absolute atomic E-state index is 4.16. The second-order valence-electron chi connectivity index (χ2n) is 3.71. The SMILES string of the molecule is Cc1cc2cnccc2c2ccncc12. The molecule has 0 aliphatic carbocycles. The molecule has 0 aliphatic rings. The Labute approximate surface area is 87.6 Å². The van der Waals surface area contributed by atoms with E-state index in [-0.39, 0.29) is 0 Å². The van der Waals surface area contributed by atoms with Crippen molar-refractivity contribution in [2.45, 2.75) is 6.92 Å². The summed E-state index contributed by atoms with van der Waals surface area (Å²) in [5.74, 6) is 0. The van der Waals surface area contributed by atoms with Gasteiger partial charge in [-0.05, 0) is 41.5 Å². The Morgan fingerprint density at radius 3 is 2.47 bits per heavy atom. The van der Waals surface area contributed by atoms with Crippen LogP contribution in [-0.2, 0) is 0 Å². The molecular formula is C13H10N2. The molecule has 15 heavy (non-hydrogen) atoms. The van der Waals surface area contributed by atoms with Gasteiger partial charge >= 0.3 is 0 Å². The molecule has 0 spiro atoms. The van der Waals surface area contributed by atoms with Gasteiger partial charge in [0.1, 0.15) is 0 Å². The standard InChI is InChI=1S/C13H10N2/c1-9-6-10-7-14-4-2-11(10)12-3-5-15-8-13(9)12/h2-8H,1H3. The van der Waals surface area contributed by atoms with Crippen molar-refractivity contribution in [1.29, 1.82) is 0 Å². The first-order valence-corrected chi connectivity index (χ1v) is 4.93. The van der Waals surface area contributed by atoms with Crippen LogP contribution in [0.2, 0.25) is 0 Å². The van der Waals surface area contributed by atoms with Crippen LogP contribution in [0.1, 0.15) is 5.56 Å². The molecule has 1 aromatic carbocycles. The van der Waals surface area contributed by atoms with Crippen molar-refractivity contribution >= 4 is 21.5 Å². The molecule has 0 amide bonds. The zero-order chi connectivity index (χ0) is 10.3. The summed E-state index contributed by atoms with van der Waals surface area (Å²) in [5, 5.41) is 4.90. The van der Waals surface area contributed by atoms with Crippen LogP contribution in [0.5, 0.6) is 0 Å². The van der Waals surface area contributed by atoms with E-state index in [1.54, 1.807) is 0 Å². The molecule has 3 aromatic rings. The van der Waals surface area contributed by atoms with E-state index in [9.17, 15) is 0 Å². The molecule has 0 aliphatic heterocycles. The van der Waals surface area contributed by atoms with Gasteiger partial charge in [0.25, 0.3) is 0 Å². The van der Waals surface area contributed by atoms with E-state index < -0.39 is 0 Å². The molecule has 0 radical (unpaired) electrons. The molecule has 0 saturated heterocycles. The summed E-state index contributed by atoms with van der Waals surface area (Å²) >= 11 is 0. The molecule has 0 saturated carbocycles. The minimum Gasteiger partial charge on any atom is -0.264 e. The lowest BCUT2D eigenvalue weighted by Crippen LogP contribution is -1.84. The van der Waals surface area contributed by atoms with E-state index in [1.807, 2.05) is 24.8 Å². The van der Waals surface area contributed by atoms with Crippen molar-refractivity contribution in [3.05, 3.63) is 48.5 Å². The third kappa shape index (κ3) is 1.18. The molecule has 3 rings (SSSR count). The number of aromatic nitrogens is 2. The predicted molar refractivity (Wildman–Crippen MR) is 61.8 cm³/mol. The van der Waals surface area contributed by atoms with E-state index in [0.717, 1.165) is 0 Å². The number of aryl methyl sites for hydroxylation is 1. The van der Waals surface area contributed by atoms with Gasteiger partial charge in [0.05, 0.1) is 0 Å². The quantitative estimate of drug-likeness (QED) is 0.514. The fraction of sp³-hybridized carbons (Fsp3) is 0.0769. The Kier molecular flexibility index (Phi) is 1.68. The minimum absolute atomic E-state index is 1.19. The molecule has 2 heteroatoms. The van der Waals surface area contributed by atoms with Crippen LogP contribution in [0.4, 0.5) is 0 Å². The largest absolute Gasteiger partial charge is 0.264 e.